The van der Waals surface area contributed by atoms with E-state index in [0.29, 0.717) is 11.6 Å². The van der Waals surface area contributed by atoms with E-state index in [4.69, 9.17) is 0 Å². The molecular weight excluding hydrogens is 252 g/mol. The molecule has 1 saturated heterocycles. The van der Waals surface area contributed by atoms with E-state index in [9.17, 15) is 4.79 Å². The van der Waals surface area contributed by atoms with E-state index in [2.05, 4.69) is 22.2 Å². The van der Waals surface area contributed by atoms with Crippen molar-refractivity contribution in [3.8, 4) is 0 Å². The first-order valence-electron chi connectivity index (χ1n) is 7.27. The van der Waals surface area contributed by atoms with Crippen molar-refractivity contribution in [1.82, 2.24) is 14.8 Å². The second kappa shape index (κ2) is 6.70. The van der Waals surface area contributed by atoms with Gasteiger partial charge in [0.2, 0.25) is 0 Å². The molecule has 1 aliphatic heterocycles. The lowest BCUT2D eigenvalue weighted by molar-refractivity contribution is 0.0659. The average Bonchev–Trinajstić information content (AvgIpc) is 2.48. The van der Waals surface area contributed by atoms with Crippen molar-refractivity contribution in [2.45, 2.75) is 25.8 Å². The minimum absolute atomic E-state index is 0.0649. The molecule has 2 heterocycles. The van der Waals surface area contributed by atoms with Crippen LogP contribution in [0.5, 0.6) is 0 Å². The summed E-state index contributed by atoms with van der Waals surface area (Å²) in [6.07, 6.45) is 3.75. The van der Waals surface area contributed by atoms with Crippen LogP contribution in [0.15, 0.2) is 18.3 Å². The zero-order valence-corrected chi connectivity index (χ0v) is 12.6. The van der Waals surface area contributed by atoms with Gasteiger partial charge in [-0.25, -0.2) is 4.98 Å². The minimum atomic E-state index is 0.0649. The molecule has 0 aliphatic carbocycles. The van der Waals surface area contributed by atoms with Crippen LogP contribution in [0.1, 0.15) is 30.1 Å². The average molecular weight is 276 g/mol. The van der Waals surface area contributed by atoms with Crippen molar-refractivity contribution in [2.24, 2.45) is 0 Å². The molecule has 1 amide bonds. The molecule has 0 unspecified atom stereocenters. The van der Waals surface area contributed by atoms with Crippen LogP contribution in [-0.4, -0.2) is 60.5 Å². The summed E-state index contributed by atoms with van der Waals surface area (Å²) in [5.41, 5.74) is 0.660. The van der Waals surface area contributed by atoms with Gasteiger partial charge < -0.3 is 15.1 Å². The highest BCUT2D eigenvalue weighted by atomic mass is 16.2. The van der Waals surface area contributed by atoms with Crippen LogP contribution < -0.4 is 5.32 Å². The van der Waals surface area contributed by atoms with E-state index < -0.39 is 0 Å². The van der Waals surface area contributed by atoms with Gasteiger partial charge in [0.15, 0.2) is 0 Å². The molecular formula is C15H24N4O. The Morgan fingerprint density at radius 1 is 1.45 bits per heavy atom. The summed E-state index contributed by atoms with van der Waals surface area (Å²) in [6, 6.07) is 4.05. The molecule has 1 aromatic heterocycles. The fourth-order valence-corrected chi connectivity index (χ4v) is 2.56. The maximum absolute atomic E-state index is 12.4. The smallest absolute Gasteiger partial charge is 0.255 e. The van der Waals surface area contributed by atoms with Crippen LogP contribution in [0, 0.1) is 0 Å². The SMILES string of the molecule is CCNc1ccc(C(=O)N(C)C2CCN(C)CC2)cn1. The minimum Gasteiger partial charge on any atom is -0.370 e. The van der Waals surface area contributed by atoms with Crippen LogP contribution in [0.4, 0.5) is 5.82 Å². The Labute approximate surface area is 121 Å². The number of hydrogen-bond acceptors (Lipinski definition) is 4. The summed E-state index contributed by atoms with van der Waals surface area (Å²) in [5.74, 6) is 0.876. The summed E-state index contributed by atoms with van der Waals surface area (Å²) in [7, 11) is 4.03. The number of pyridine rings is 1. The van der Waals surface area contributed by atoms with Gasteiger partial charge in [-0.05, 0) is 52.0 Å². The van der Waals surface area contributed by atoms with Crippen LogP contribution in [0.2, 0.25) is 0 Å². The number of piperidine rings is 1. The molecule has 0 saturated carbocycles. The van der Waals surface area contributed by atoms with Crippen LogP contribution in [-0.2, 0) is 0 Å². The Morgan fingerprint density at radius 2 is 2.15 bits per heavy atom. The van der Waals surface area contributed by atoms with E-state index in [1.54, 1.807) is 6.20 Å². The molecule has 1 aromatic rings. The molecule has 5 heteroatoms. The molecule has 0 bridgehead atoms. The third-order valence-electron chi connectivity index (χ3n) is 3.92. The van der Waals surface area contributed by atoms with Crippen molar-refractivity contribution in [3.63, 3.8) is 0 Å². The number of anilines is 1. The summed E-state index contributed by atoms with van der Waals surface area (Å²) >= 11 is 0. The molecule has 0 radical (unpaired) electrons. The fourth-order valence-electron chi connectivity index (χ4n) is 2.56. The second-order valence-electron chi connectivity index (χ2n) is 5.41. The third kappa shape index (κ3) is 3.48. The van der Waals surface area contributed by atoms with Crippen molar-refractivity contribution < 1.29 is 4.79 Å². The maximum Gasteiger partial charge on any atom is 0.255 e. The molecule has 2 rings (SSSR count). The number of hydrogen-bond donors (Lipinski definition) is 1. The Balaban J connectivity index is 1.99. The van der Waals surface area contributed by atoms with Gasteiger partial charge in [0.1, 0.15) is 5.82 Å². The summed E-state index contributed by atoms with van der Waals surface area (Å²) in [4.78, 5) is 20.9. The lowest BCUT2D eigenvalue weighted by Crippen LogP contribution is -2.44. The van der Waals surface area contributed by atoms with E-state index >= 15 is 0 Å². The van der Waals surface area contributed by atoms with Crippen molar-refractivity contribution in [3.05, 3.63) is 23.9 Å². The van der Waals surface area contributed by atoms with Gasteiger partial charge in [0.25, 0.3) is 5.91 Å². The number of rotatable bonds is 4. The first-order chi connectivity index (χ1) is 9.61. The topological polar surface area (TPSA) is 48.5 Å². The molecule has 0 atom stereocenters. The van der Waals surface area contributed by atoms with Crippen molar-refractivity contribution >= 4 is 11.7 Å². The van der Waals surface area contributed by atoms with E-state index in [0.717, 1.165) is 38.3 Å². The molecule has 5 nitrogen and oxygen atoms in total. The van der Waals surface area contributed by atoms with Crippen LogP contribution in [0.3, 0.4) is 0 Å². The summed E-state index contributed by atoms with van der Waals surface area (Å²) < 4.78 is 0. The first kappa shape index (κ1) is 14.8. The molecule has 1 fully saturated rings. The Hall–Kier alpha value is -1.62. The van der Waals surface area contributed by atoms with Crippen LogP contribution >= 0.6 is 0 Å². The predicted molar refractivity (Wildman–Crippen MR) is 81.0 cm³/mol. The van der Waals surface area contributed by atoms with Gasteiger partial charge >= 0.3 is 0 Å². The van der Waals surface area contributed by atoms with Crippen molar-refractivity contribution in [2.75, 3.05) is 39.0 Å². The van der Waals surface area contributed by atoms with Crippen molar-refractivity contribution in [1.29, 1.82) is 0 Å². The lowest BCUT2D eigenvalue weighted by atomic mass is 10.0. The van der Waals surface area contributed by atoms with Gasteiger partial charge in [-0.15, -0.1) is 0 Å². The molecule has 1 N–H and O–H groups in total. The Kier molecular flexibility index (Phi) is 4.95. The van der Waals surface area contributed by atoms with Gasteiger partial charge in [-0.2, -0.15) is 0 Å². The fraction of sp³-hybridized carbons (Fsp3) is 0.600. The van der Waals surface area contributed by atoms with Gasteiger partial charge in [0, 0.05) is 25.8 Å². The summed E-state index contributed by atoms with van der Waals surface area (Å²) in [6.45, 7) is 4.96. The quantitative estimate of drug-likeness (QED) is 0.909. The molecule has 110 valence electrons. The number of amides is 1. The Bertz CT molecular complexity index is 438. The lowest BCUT2D eigenvalue weighted by Gasteiger charge is -2.35. The highest BCUT2D eigenvalue weighted by Gasteiger charge is 2.24. The molecule has 0 aromatic carbocycles. The van der Waals surface area contributed by atoms with Gasteiger partial charge in [0.05, 0.1) is 5.56 Å². The predicted octanol–water partition coefficient (Wildman–Crippen LogP) is 1.68. The number of likely N-dealkylation sites (tertiary alicyclic amines) is 1. The normalized spacial score (nSPS) is 16.9. The number of nitrogens with one attached hydrogen (secondary N) is 1. The Morgan fingerprint density at radius 3 is 2.70 bits per heavy atom. The number of carbonyl (C=O) groups is 1. The van der Waals surface area contributed by atoms with E-state index in [1.165, 1.54) is 0 Å². The highest BCUT2D eigenvalue weighted by molar-refractivity contribution is 5.94. The standard InChI is InChI=1S/C15H24N4O/c1-4-16-14-6-5-12(11-17-14)15(20)19(3)13-7-9-18(2)10-8-13/h5-6,11,13H,4,7-10H2,1-3H3,(H,16,17). The largest absolute Gasteiger partial charge is 0.370 e. The number of carbonyl (C=O) groups excluding carboxylic acids is 1. The maximum atomic E-state index is 12.4. The van der Waals surface area contributed by atoms with E-state index in [-0.39, 0.29) is 5.91 Å². The van der Waals surface area contributed by atoms with E-state index in [1.807, 2.05) is 31.0 Å². The zero-order valence-electron chi connectivity index (χ0n) is 12.6. The molecule has 20 heavy (non-hydrogen) atoms. The highest BCUT2D eigenvalue weighted by Crippen LogP contribution is 2.17. The molecule has 1 aliphatic rings. The monoisotopic (exact) mass is 276 g/mol. The molecule has 0 spiro atoms. The second-order valence-corrected chi connectivity index (χ2v) is 5.41. The van der Waals surface area contributed by atoms with Gasteiger partial charge in [-0.3, -0.25) is 4.79 Å². The number of aromatic nitrogens is 1. The van der Waals surface area contributed by atoms with Crippen LogP contribution in [0.25, 0.3) is 0 Å². The third-order valence-corrected chi connectivity index (χ3v) is 3.92. The number of nitrogens with zero attached hydrogens (tertiary/aromatic N) is 3. The van der Waals surface area contributed by atoms with Gasteiger partial charge in [-0.1, -0.05) is 0 Å². The summed E-state index contributed by atoms with van der Waals surface area (Å²) in [5, 5.41) is 3.13. The zero-order chi connectivity index (χ0) is 14.5. The first-order valence-corrected chi connectivity index (χ1v) is 7.27.